The standard InChI is InChI=1S/C22H25N3OS/c1-25-15-16(14-23-25)8-11-21(26)24-22(20-7-4-12-27-20)19-10-9-17-5-2-3-6-18(17)13-19/h4,7,9-10,12-15,22H,2-3,5-6,8,11H2,1H3,(H,24,26). The van der Waals surface area contributed by atoms with Crippen LogP contribution in [-0.4, -0.2) is 15.7 Å². The van der Waals surface area contributed by atoms with Crippen molar-refractivity contribution in [1.29, 1.82) is 0 Å². The third-order valence-corrected chi connectivity index (χ3v) is 6.18. The highest BCUT2D eigenvalue weighted by Crippen LogP contribution is 2.30. The fraction of sp³-hybridized carbons (Fsp3) is 0.364. The first kappa shape index (κ1) is 18.0. The number of nitrogens with zero attached hydrogens (tertiary/aromatic N) is 2. The van der Waals surface area contributed by atoms with Crippen molar-refractivity contribution in [2.24, 2.45) is 7.05 Å². The molecule has 0 fully saturated rings. The first-order chi connectivity index (χ1) is 13.2. The van der Waals surface area contributed by atoms with E-state index in [1.165, 1.54) is 40.8 Å². The van der Waals surface area contributed by atoms with Crippen molar-refractivity contribution < 1.29 is 4.79 Å². The van der Waals surface area contributed by atoms with Gasteiger partial charge >= 0.3 is 0 Å². The number of aryl methyl sites for hydroxylation is 4. The van der Waals surface area contributed by atoms with Crippen LogP contribution in [0.25, 0.3) is 0 Å². The molecule has 0 bridgehead atoms. The number of amides is 1. The number of fused-ring (bicyclic) bond motifs is 1. The minimum Gasteiger partial charge on any atom is -0.344 e. The van der Waals surface area contributed by atoms with E-state index in [2.05, 4.69) is 40.1 Å². The molecular formula is C22H25N3OS. The van der Waals surface area contributed by atoms with Gasteiger partial charge in [-0.3, -0.25) is 9.48 Å². The van der Waals surface area contributed by atoms with Gasteiger partial charge in [0.15, 0.2) is 0 Å². The maximum atomic E-state index is 12.7. The van der Waals surface area contributed by atoms with Crippen molar-refractivity contribution in [2.45, 2.75) is 44.6 Å². The van der Waals surface area contributed by atoms with Crippen LogP contribution in [0.15, 0.2) is 48.1 Å². The summed E-state index contributed by atoms with van der Waals surface area (Å²) in [7, 11) is 1.90. The van der Waals surface area contributed by atoms with Crippen LogP contribution in [0.5, 0.6) is 0 Å². The summed E-state index contributed by atoms with van der Waals surface area (Å²) in [6.07, 6.45) is 9.84. The second-order valence-electron chi connectivity index (χ2n) is 7.27. The summed E-state index contributed by atoms with van der Waals surface area (Å²) < 4.78 is 1.77. The number of carbonyl (C=O) groups is 1. The molecule has 0 saturated heterocycles. The van der Waals surface area contributed by atoms with Gasteiger partial charge < -0.3 is 5.32 Å². The molecule has 4 nitrogen and oxygen atoms in total. The van der Waals surface area contributed by atoms with Crippen molar-refractivity contribution in [3.05, 3.63) is 75.2 Å². The summed E-state index contributed by atoms with van der Waals surface area (Å²) in [6, 6.07) is 10.8. The third kappa shape index (κ3) is 4.30. The molecule has 2 aromatic heterocycles. The molecule has 1 aliphatic rings. The van der Waals surface area contributed by atoms with Crippen LogP contribution in [-0.2, 0) is 31.1 Å². The van der Waals surface area contributed by atoms with Gasteiger partial charge in [-0.05, 0) is 65.8 Å². The summed E-state index contributed by atoms with van der Waals surface area (Å²) in [5, 5.41) is 9.51. The van der Waals surface area contributed by atoms with Crippen molar-refractivity contribution in [1.82, 2.24) is 15.1 Å². The topological polar surface area (TPSA) is 46.9 Å². The van der Waals surface area contributed by atoms with Crippen molar-refractivity contribution >= 4 is 17.2 Å². The lowest BCUT2D eigenvalue weighted by atomic mass is 9.89. The Kier molecular flexibility index (Phi) is 5.39. The van der Waals surface area contributed by atoms with Gasteiger partial charge in [0.05, 0.1) is 12.2 Å². The monoisotopic (exact) mass is 379 g/mol. The summed E-state index contributed by atoms with van der Waals surface area (Å²) >= 11 is 1.69. The quantitative estimate of drug-likeness (QED) is 0.698. The van der Waals surface area contributed by atoms with Crippen LogP contribution in [0.3, 0.4) is 0 Å². The lowest BCUT2D eigenvalue weighted by Crippen LogP contribution is -2.29. The fourth-order valence-electron chi connectivity index (χ4n) is 3.80. The molecule has 3 aromatic rings. The van der Waals surface area contributed by atoms with Crippen molar-refractivity contribution in [3.63, 3.8) is 0 Å². The Morgan fingerprint density at radius 1 is 1.26 bits per heavy atom. The first-order valence-corrected chi connectivity index (χ1v) is 10.5. The minimum absolute atomic E-state index is 0.0707. The summed E-state index contributed by atoms with van der Waals surface area (Å²) in [4.78, 5) is 13.8. The van der Waals surface area contributed by atoms with Gasteiger partial charge in [-0.15, -0.1) is 11.3 Å². The van der Waals surface area contributed by atoms with Crippen molar-refractivity contribution in [3.8, 4) is 0 Å². The number of thiophene rings is 1. The van der Waals surface area contributed by atoms with E-state index in [1.54, 1.807) is 16.0 Å². The van der Waals surface area contributed by atoms with E-state index >= 15 is 0 Å². The Morgan fingerprint density at radius 3 is 2.85 bits per heavy atom. The molecule has 27 heavy (non-hydrogen) atoms. The molecule has 5 heteroatoms. The molecule has 1 amide bonds. The molecule has 0 aliphatic heterocycles. The molecule has 4 rings (SSSR count). The molecule has 1 unspecified atom stereocenters. The normalized spacial score (nSPS) is 14.6. The number of nitrogens with one attached hydrogen (secondary N) is 1. The maximum absolute atomic E-state index is 12.7. The van der Waals surface area contributed by atoms with E-state index in [0.717, 1.165) is 12.0 Å². The zero-order valence-corrected chi connectivity index (χ0v) is 16.5. The molecule has 0 spiro atoms. The maximum Gasteiger partial charge on any atom is 0.221 e. The largest absolute Gasteiger partial charge is 0.344 e. The molecule has 2 heterocycles. The molecule has 1 aliphatic carbocycles. The Labute approximate surface area is 164 Å². The van der Waals surface area contributed by atoms with Crippen molar-refractivity contribution in [2.75, 3.05) is 0 Å². The number of hydrogen-bond donors (Lipinski definition) is 1. The van der Waals surface area contributed by atoms with Crippen LogP contribution >= 0.6 is 11.3 Å². The smallest absolute Gasteiger partial charge is 0.221 e. The molecule has 0 radical (unpaired) electrons. The molecule has 1 N–H and O–H groups in total. The molecule has 1 atom stereocenters. The van der Waals surface area contributed by atoms with Gasteiger partial charge in [-0.2, -0.15) is 5.10 Å². The minimum atomic E-state index is -0.0707. The van der Waals surface area contributed by atoms with E-state index in [-0.39, 0.29) is 11.9 Å². The highest BCUT2D eigenvalue weighted by Gasteiger charge is 2.20. The highest BCUT2D eigenvalue weighted by molar-refractivity contribution is 7.10. The van der Waals surface area contributed by atoms with Gasteiger partial charge in [0, 0.05) is 24.5 Å². The number of aromatic nitrogens is 2. The Hall–Kier alpha value is -2.40. The van der Waals surface area contributed by atoms with Gasteiger partial charge in [0.2, 0.25) is 5.91 Å². The van der Waals surface area contributed by atoms with Gasteiger partial charge in [-0.25, -0.2) is 0 Å². The Balaban J connectivity index is 1.50. The van der Waals surface area contributed by atoms with Gasteiger partial charge in [0.25, 0.3) is 0 Å². The number of benzene rings is 1. The van der Waals surface area contributed by atoms with Crippen LogP contribution in [0.1, 0.15) is 52.4 Å². The second-order valence-corrected chi connectivity index (χ2v) is 8.25. The molecule has 1 aromatic carbocycles. The Morgan fingerprint density at radius 2 is 2.11 bits per heavy atom. The Bertz CT molecular complexity index is 914. The molecular weight excluding hydrogens is 354 g/mol. The predicted octanol–water partition coefficient (Wildman–Crippen LogP) is 4.20. The SMILES string of the molecule is Cn1cc(CCC(=O)NC(c2ccc3c(c2)CCCC3)c2cccs2)cn1. The average Bonchev–Trinajstić information content (AvgIpc) is 3.36. The lowest BCUT2D eigenvalue weighted by Gasteiger charge is -2.22. The van der Waals surface area contributed by atoms with Crippen LogP contribution < -0.4 is 5.32 Å². The van der Waals surface area contributed by atoms with E-state index in [0.29, 0.717) is 12.8 Å². The number of carbonyl (C=O) groups excluding carboxylic acids is 1. The average molecular weight is 380 g/mol. The van der Waals surface area contributed by atoms with E-state index < -0.39 is 0 Å². The first-order valence-electron chi connectivity index (χ1n) is 9.61. The highest BCUT2D eigenvalue weighted by atomic mass is 32.1. The number of rotatable bonds is 6. The van der Waals surface area contributed by atoms with E-state index in [1.807, 2.05) is 25.5 Å². The second kappa shape index (κ2) is 8.09. The van der Waals surface area contributed by atoms with Crippen LogP contribution in [0.4, 0.5) is 0 Å². The summed E-state index contributed by atoms with van der Waals surface area (Å²) in [6.45, 7) is 0. The van der Waals surface area contributed by atoms with E-state index in [9.17, 15) is 4.79 Å². The van der Waals surface area contributed by atoms with Crippen LogP contribution in [0.2, 0.25) is 0 Å². The molecule has 0 saturated carbocycles. The summed E-state index contributed by atoms with van der Waals surface area (Å²) in [5.74, 6) is 0.0787. The third-order valence-electron chi connectivity index (χ3n) is 5.24. The molecule has 140 valence electrons. The lowest BCUT2D eigenvalue weighted by molar-refractivity contribution is -0.121. The zero-order chi connectivity index (χ0) is 18.6. The van der Waals surface area contributed by atoms with Gasteiger partial charge in [0.1, 0.15) is 0 Å². The fourth-order valence-corrected chi connectivity index (χ4v) is 4.60. The number of hydrogen-bond acceptors (Lipinski definition) is 3. The van der Waals surface area contributed by atoms with Gasteiger partial charge in [-0.1, -0.05) is 24.3 Å². The predicted molar refractivity (Wildman–Crippen MR) is 109 cm³/mol. The summed E-state index contributed by atoms with van der Waals surface area (Å²) in [5.41, 5.74) is 5.20. The zero-order valence-electron chi connectivity index (χ0n) is 15.6. The van der Waals surface area contributed by atoms with E-state index in [4.69, 9.17) is 0 Å². The van der Waals surface area contributed by atoms with Crippen LogP contribution in [0, 0.1) is 0 Å².